The minimum Gasteiger partial charge on any atom is -0.457 e. The van der Waals surface area contributed by atoms with Crippen molar-refractivity contribution in [3.05, 3.63) is 96.1 Å². The Morgan fingerprint density at radius 1 is 0.806 bits per heavy atom. The third-order valence-electron chi connectivity index (χ3n) is 4.51. The van der Waals surface area contributed by atoms with Crippen LogP contribution in [0.25, 0.3) is 0 Å². The van der Waals surface area contributed by atoms with Gasteiger partial charge in [0.2, 0.25) is 0 Å². The smallest absolute Gasteiger partial charge is 0.338 e. The number of para-hydroxylation sites is 1. The number of esters is 1. The second kappa shape index (κ2) is 10.7. The summed E-state index contributed by atoms with van der Waals surface area (Å²) in [6, 6.07) is 24.4. The molecule has 0 aliphatic heterocycles. The Kier molecular flexibility index (Phi) is 7.54. The number of Topliss-reactive ketones (excluding diaryl/α,β-unsaturated/α-hetero) is 1. The van der Waals surface area contributed by atoms with Gasteiger partial charge >= 0.3 is 5.97 Å². The third kappa shape index (κ3) is 6.82. The van der Waals surface area contributed by atoms with E-state index in [2.05, 4.69) is 5.32 Å². The lowest BCUT2D eigenvalue weighted by molar-refractivity contribution is -0.128. The minimum absolute atomic E-state index is 0.169. The predicted molar refractivity (Wildman–Crippen MR) is 116 cm³/mol. The number of amides is 1. The van der Waals surface area contributed by atoms with Gasteiger partial charge in [0.1, 0.15) is 11.5 Å². The monoisotopic (exact) mass is 417 g/mol. The average Bonchev–Trinajstić information content (AvgIpc) is 2.79. The van der Waals surface area contributed by atoms with Crippen LogP contribution in [-0.4, -0.2) is 30.3 Å². The highest BCUT2D eigenvalue weighted by Gasteiger charge is 2.19. The number of nitrogens with one attached hydrogen (secondary N) is 1. The molecule has 3 rings (SSSR count). The molecule has 1 amide bonds. The van der Waals surface area contributed by atoms with E-state index in [-0.39, 0.29) is 5.78 Å². The number of carbonyl (C=O) groups is 3. The Morgan fingerprint density at radius 3 is 2.00 bits per heavy atom. The Bertz CT molecular complexity index is 1020. The number of ketones is 1. The molecule has 1 atom stereocenters. The van der Waals surface area contributed by atoms with Gasteiger partial charge in [-0.1, -0.05) is 48.5 Å². The molecule has 31 heavy (non-hydrogen) atoms. The molecular formula is C25H23NO5. The second-order valence-corrected chi connectivity index (χ2v) is 6.94. The third-order valence-corrected chi connectivity index (χ3v) is 4.51. The predicted octanol–water partition coefficient (Wildman–Crippen LogP) is 3.95. The van der Waals surface area contributed by atoms with Gasteiger partial charge in [0.15, 0.2) is 12.4 Å². The van der Waals surface area contributed by atoms with Crippen molar-refractivity contribution in [3.63, 3.8) is 0 Å². The van der Waals surface area contributed by atoms with Gasteiger partial charge in [0, 0.05) is 0 Å². The molecule has 0 saturated carbocycles. The molecule has 0 saturated heterocycles. The molecule has 6 nitrogen and oxygen atoms in total. The minimum atomic E-state index is -0.678. The summed E-state index contributed by atoms with van der Waals surface area (Å²) in [6.07, 6.45) is 0.374. The zero-order chi connectivity index (χ0) is 22.1. The molecule has 0 radical (unpaired) electrons. The number of hydrogen-bond donors (Lipinski definition) is 1. The van der Waals surface area contributed by atoms with E-state index in [1.807, 2.05) is 60.7 Å². The molecule has 0 spiro atoms. The Hall–Kier alpha value is -3.93. The van der Waals surface area contributed by atoms with Crippen LogP contribution in [0.15, 0.2) is 84.9 Å². The van der Waals surface area contributed by atoms with Crippen LogP contribution in [0.5, 0.6) is 11.5 Å². The zero-order valence-corrected chi connectivity index (χ0v) is 17.1. The van der Waals surface area contributed by atoms with Crippen molar-refractivity contribution in [2.45, 2.75) is 19.4 Å². The molecule has 158 valence electrons. The fourth-order valence-corrected chi connectivity index (χ4v) is 2.88. The van der Waals surface area contributed by atoms with Gasteiger partial charge in [-0.05, 0) is 55.3 Å². The lowest BCUT2D eigenvalue weighted by Gasteiger charge is -2.16. The van der Waals surface area contributed by atoms with Gasteiger partial charge in [0.05, 0.1) is 11.6 Å². The van der Waals surface area contributed by atoms with Gasteiger partial charge in [-0.3, -0.25) is 9.59 Å². The van der Waals surface area contributed by atoms with Crippen molar-refractivity contribution in [2.24, 2.45) is 0 Å². The summed E-state index contributed by atoms with van der Waals surface area (Å²) in [6.45, 7) is 0.943. The molecule has 3 aromatic rings. The molecule has 3 aromatic carbocycles. The SMILES string of the molecule is CC(=O)[C@@H](Cc1ccccc1)NC(=O)COC(=O)c1ccc(Oc2ccccc2)cc1. The van der Waals surface area contributed by atoms with Gasteiger partial charge in [-0.15, -0.1) is 0 Å². The number of hydrogen-bond acceptors (Lipinski definition) is 5. The van der Waals surface area contributed by atoms with E-state index in [0.29, 0.717) is 23.5 Å². The second-order valence-electron chi connectivity index (χ2n) is 6.94. The zero-order valence-electron chi connectivity index (χ0n) is 17.1. The number of ether oxygens (including phenoxy) is 2. The average molecular weight is 417 g/mol. The summed E-state index contributed by atoms with van der Waals surface area (Å²) < 4.78 is 10.8. The first-order valence-corrected chi connectivity index (χ1v) is 9.85. The van der Waals surface area contributed by atoms with Crippen molar-refractivity contribution in [1.29, 1.82) is 0 Å². The fraction of sp³-hybridized carbons (Fsp3) is 0.160. The van der Waals surface area contributed by atoms with E-state index in [1.165, 1.54) is 6.92 Å². The molecule has 0 bridgehead atoms. The highest BCUT2D eigenvalue weighted by molar-refractivity contribution is 5.92. The van der Waals surface area contributed by atoms with Crippen LogP contribution in [0, 0.1) is 0 Å². The molecule has 1 N–H and O–H groups in total. The highest BCUT2D eigenvalue weighted by atomic mass is 16.5. The van der Waals surface area contributed by atoms with Crippen LogP contribution in [0.4, 0.5) is 0 Å². The van der Waals surface area contributed by atoms with Crippen molar-refractivity contribution < 1.29 is 23.9 Å². The maximum absolute atomic E-state index is 12.2. The molecule has 0 aromatic heterocycles. The summed E-state index contributed by atoms with van der Waals surface area (Å²) in [5, 5.41) is 2.62. The fourth-order valence-electron chi connectivity index (χ4n) is 2.88. The van der Waals surface area contributed by atoms with Crippen molar-refractivity contribution in [3.8, 4) is 11.5 Å². The van der Waals surface area contributed by atoms with Gasteiger partial charge in [-0.2, -0.15) is 0 Å². The van der Waals surface area contributed by atoms with E-state index in [1.54, 1.807) is 24.3 Å². The van der Waals surface area contributed by atoms with E-state index >= 15 is 0 Å². The van der Waals surface area contributed by atoms with Crippen LogP contribution < -0.4 is 10.1 Å². The molecule has 0 unspecified atom stereocenters. The van der Waals surface area contributed by atoms with Crippen LogP contribution in [0.2, 0.25) is 0 Å². The van der Waals surface area contributed by atoms with Crippen molar-refractivity contribution in [2.75, 3.05) is 6.61 Å². The standard InChI is InChI=1S/C25H23NO5/c1-18(27)23(16-19-8-4-2-5-9-19)26-24(28)17-30-25(29)20-12-14-22(15-13-20)31-21-10-6-3-7-11-21/h2-15,23H,16-17H2,1H3,(H,26,28)/t23-/m1/s1. The molecule has 0 aliphatic rings. The Labute approximate surface area is 180 Å². The van der Waals surface area contributed by atoms with Crippen LogP contribution >= 0.6 is 0 Å². The van der Waals surface area contributed by atoms with Gasteiger partial charge in [0.25, 0.3) is 5.91 Å². The Morgan fingerprint density at radius 2 is 1.39 bits per heavy atom. The summed E-state index contributed by atoms with van der Waals surface area (Å²) in [4.78, 5) is 36.3. The first-order chi connectivity index (χ1) is 15.0. The van der Waals surface area contributed by atoms with E-state index in [9.17, 15) is 14.4 Å². The van der Waals surface area contributed by atoms with Crippen LogP contribution in [0.3, 0.4) is 0 Å². The largest absolute Gasteiger partial charge is 0.457 e. The maximum Gasteiger partial charge on any atom is 0.338 e. The number of benzene rings is 3. The molecule has 6 heteroatoms. The first-order valence-electron chi connectivity index (χ1n) is 9.85. The van der Waals surface area contributed by atoms with E-state index < -0.39 is 24.5 Å². The molecule has 0 aliphatic carbocycles. The first kappa shape index (κ1) is 21.8. The lowest BCUT2D eigenvalue weighted by atomic mass is 10.0. The Balaban J connectivity index is 1.49. The quantitative estimate of drug-likeness (QED) is 0.533. The lowest BCUT2D eigenvalue weighted by Crippen LogP contribution is -2.43. The topological polar surface area (TPSA) is 81.7 Å². The van der Waals surface area contributed by atoms with Crippen LogP contribution in [0.1, 0.15) is 22.8 Å². The number of rotatable bonds is 9. The summed E-state index contributed by atoms with van der Waals surface area (Å²) >= 11 is 0. The van der Waals surface area contributed by atoms with Crippen LogP contribution in [-0.2, 0) is 20.7 Å². The summed E-state index contributed by atoms with van der Waals surface area (Å²) in [5.41, 5.74) is 1.22. The molecule has 0 fully saturated rings. The van der Waals surface area contributed by atoms with Crippen molar-refractivity contribution >= 4 is 17.7 Å². The summed E-state index contributed by atoms with van der Waals surface area (Å²) in [5.74, 6) is -0.0781. The summed E-state index contributed by atoms with van der Waals surface area (Å²) in [7, 11) is 0. The normalized spacial score (nSPS) is 11.3. The highest BCUT2D eigenvalue weighted by Crippen LogP contribution is 2.21. The van der Waals surface area contributed by atoms with E-state index in [0.717, 1.165) is 5.56 Å². The maximum atomic E-state index is 12.2. The van der Waals surface area contributed by atoms with Gasteiger partial charge in [-0.25, -0.2) is 4.79 Å². The molecular weight excluding hydrogens is 394 g/mol. The van der Waals surface area contributed by atoms with Gasteiger partial charge < -0.3 is 14.8 Å². The van der Waals surface area contributed by atoms with Crippen molar-refractivity contribution in [1.82, 2.24) is 5.32 Å². The number of carbonyl (C=O) groups excluding carboxylic acids is 3. The van der Waals surface area contributed by atoms with E-state index in [4.69, 9.17) is 9.47 Å². The molecule has 0 heterocycles.